The number of ether oxygens (including phenoxy) is 1. The number of H-pyrrole nitrogens is 1. The Kier molecular flexibility index (Phi) is 4.76. The lowest BCUT2D eigenvalue weighted by atomic mass is 10.0. The molecule has 1 amide bonds. The normalized spacial score (nSPS) is 21.0. The number of nitrogens with zero attached hydrogens (tertiary/aromatic N) is 2. The Labute approximate surface area is 140 Å². The Morgan fingerprint density at radius 3 is 2.67 bits per heavy atom. The molecule has 24 heavy (non-hydrogen) atoms. The Morgan fingerprint density at radius 1 is 1.25 bits per heavy atom. The smallest absolute Gasteiger partial charge is 0.272 e. The Morgan fingerprint density at radius 2 is 2.00 bits per heavy atom. The van der Waals surface area contributed by atoms with Gasteiger partial charge in [-0.2, -0.15) is 0 Å². The maximum Gasteiger partial charge on any atom is 0.272 e. The molecule has 2 atom stereocenters. The number of amides is 1. The molecule has 2 heterocycles. The van der Waals surface area contributed by atoms with Crippen molar-refractivity contribution in [1.29, 1.82) is 0 Å². The fourth-order valence-electron chi connectivity index (χ4n) is 2.83. The van der Waals surface area contributed by atoms with Crippen molar-refractivity contribution in [2.24, 2.45) is 5.92 Å². The molecule has 2 aromatic rings. The van der Waals surface area contributed by atoms with E-state index in [9.17, 15) is 9.59 Å². The number of morpholine rings is 1. The van der Waals surface area contributed by atoms with Gasteiger partial charge in [0.1, 0.15) is 11.8 Å². The lowest BCUT2D eigenvalue weighted by Crippen LogP contribution is -2.49. The van der Waals surface area contributed by atoms with Crippen LogP contribution in [0.25, 0.3) is 0 Å². The van der Waals surface area contributed by atoms with E-state index < -0.39 is 0 Å². The molecule has 1 aliphatic heterocycles. The Bertz CT molecular complexity index is 757. The van der Waals surface area contributed by atoms with E-state index in [1.807, 2.05) is 30.3 Å². The summed E-state index contributed by atoms with van der Waals surface area (Å²) in [6, 6.07) is 9.88. The molecule has 1 aliphatic rings. The van der Waals surface area contributed by atoms with Crippen LogP contribution in [0.4, 0.5) is 0 Å². The van der Waals surface area contributed by atoms with E-state index >= 15 is 0 Å². The second kappa shape index (κ2) is 6.97. The fourth-order valence-corrected chi connectivity index (χ4v) is 2.83. The van der Waals surface area contributed by atoms with Crippen molar-refractivity contribution < 1.29 is 9.53 Å². The molecule has 1 fully saturated rings. The summed E-state index contributed by atoms with van der Waals surface area (Å²) in [6.07, 6.45) is 2.30. The summed E-state index contributed by atoms with van der Waals surface area (Å²) in [4.78, 5) is 32.3. The zero-order chi connectivity index (χ0) is 17.1. The first-order valence-corrected chi connectivity index (χ1v) is 8.08. The summed E-state index contributed by atoms with van der Waals surface area (Å²) in [5, 5.41) is 0. The van der Waals surface area contributed by atoms with E-state index in [1.165, 1.54) is 6.20 Å². The highest BCUT2D eigenvalue weighted by Gasteiger charge is 2.33. The van der Waals surface area contributed by atoms with Crippen LogP contribution >= 0.6 is 0 Å². The van der Waals surface area contributed by atoms with Gasteiger partial charge in [0, 0.05) is 6.54 Å². The highest BCUT2D eigenvalue weighted by Crippen LogP contribution is 2.28. The van der Waals surface area contributed by atoms with Gasteiger partial charge in [0.05, 0.1) is 25.0 Å². The molecular formula is C18H21N3O3. The number of hydrogen-bond acceptors (Lipinski definition) is 4. The van der Waals surface area contributed by atoms with Gasteiger partial charge in [-0.05, 0) is 11.5 Å². The maximum atomic E-state index is 12.8. The molecule has 1 saturated heterocycles. The van der Waals surface area contributed by atoms with Gasteiger partial charge < -0.3 is 14.6 Å². The zero-order valence-corrected chi connectivity index (χ0v) is 13.8. The molecule has 1 N–H and O–H groups in total. The van der Waals surface area contributed by atoms with Gasteiger partial charge in [-0.25, -0.2) is 0 Å². The van der Waals surface area contributed by atoms with Gasteiger partial charge in [-0.1, -0.05) is 44.2 Å². The molecule has 1 aromatic heterocycles. The van der Waals surface area contributed by atoms with Crippen LogP contribution in [0.5, 0.6) is 0 Å². The number of aromatic nitrogens is 2. The number of carbonyl (C=O) groups excluding carboxylic acids is 1. The van der Waals surface area contributed by atoms with Crippen molar-refractivity contribution in [3.8, 4) is 0 Å². The highest BCUT2D eigenvalue weighted by atomic mass is 16.5. The molecule has 2 unspecified atom stereocenters. The standard InChI is InChI=1S/C18H21N3O3/c1-12(2)15-10-21(18(23)14-8-19-9-17(22)20-14)11-16(24-15)13-6-4-3-5-7-13/h3-9,12,15-16H,10-11H2,1-2H3,(H,20,22). The molecule has 3 rings (SSSR count). The third-order valence-corrected chi connectivity index (χ3v) is 4.21. The maximum absolute atomic E-state index is 12.8. The quantitative estimate of drug-likeness (QED) is 0.936. The first-order chi connectivity index (χ1) is 11.5. The van der Waals surface area contributed by atoms with Crippen LogP contribution in [0.1, 0.15) is 36.0 Å². The van der Waals surface area contributed by atoms with E-state index in [-0.39, 0.29) is 35.3 Å². The van der Waals surface area contributed by atoms with Crippen molar-refractivity contribution in [2.45, 2.75) is 26.1 Å². The molecule has 0 aliphatic carbocycles. The Balaban J connectivity index is 1.86. The fraction of sp³-hybridized carbons (Fsp3) is 0.389. The Hall–Kier alpha value is -2.47. The minimum atomic E-state index is -0.380. The van der Waals surface area contributed by atoms with Gasteiger partial charge >= 0.3 is 0 Å². The second-order valence-electron chi connectivity index (χ2n) is 6.34. The van der Waals surface area contributed by atoms with Crippen molar-refractivity contribution in [3.05, 3.63) is 64.3 Å². The predicted molar refractivity (Wildman–Crippen MR) is 89.7 cm³/mol. The van der Waals surface area contributed by atoms with Crippen LogP contribution in [0.15, 0.2) is 47.5 Å². The number of carbonyl (C=O) groups is 1. The van der Waals surface area contributed by atoms with Crippen LogP contribution in [-0.4, -0.2) is 40.0 Å². The molecule has 6 nitrogen and oxygen atoms in total. The number of hydrogen-bond donors (Lipinski definition) is 1. The molecule has 0 saturated carbocycles. The van der Waals surface area contributed by atoms with E-state index in [1.54, 1.807) is 4.90 Å². The van der Waals surface area contributed by atoms with Crippen LogP contribution in [0.3, 0.4) is 0 Å². The second-order valence-corrected chi connectivity index (χ2v) is 6.34. The van der Waals surface area contributed by atoms with Crippen LogP contribution < -0.4 is 5.56 Å². The van der Waals surface area contributed by atoms with Gasteiger partial charge in [-0.15, -0.1) is 0 Å². The van der Waals surface area contributed by atoms with Crippen molar-refractivity contribution >= 4 is 5.91 Å². The monoisotopic (exact) mass is 327 g/mol. The van der Waals surface area contributed by atoms with Crippen molar-refractivity contribution in [2.75, 3.05) is 13.1 Å². The van der Waals surface area contributed by atoms with Crippen molar-refractivity contribution in [1.82, 2.24) is 14.9 Å². The summed E-state index contributed by atoms with van der Waals surface area (Å²) in [5.41, 5.74) is 0.869. The van der Waals surface area contributed by atoms with Crippen LogP contribution in [0.2, 0.25) is 0 Å². The first-order valence-electron chi connectivity index (χ1n) is 8.08. The van der Waals surface area contributed by atoms with Gasteiger partial charge in [0.2, 0.25) is 0 Å². The van der Waals surface area contributed by atoms with Crippen LogP contribution in [0, 0.1) is 5.92 Å². The summed E-state index contributed by atoms with van der Waals surface area (Å²) in [7, 11) is 0. The number of aromatic amines is 1. The van der Waals surface area contributed by atoms with E-state index in [2.05, 4.69) is 23.8 Å². The largest absolute Gasteiger partial charge is 0.366 e. The van der Waals surface area contributed by atoms with E-state index in [0.29, 0.717) is 13.1 Å². The van der Waals surface area contributed by atoms with Gasteiger partial charge in [-0.3, -0.25) is 14.6 Å². The zero-order valence-electron chi connectivity index (χ0n) is 13.8. The SMILES string of the molecule is CC(C)C1CN(C(=O)c2cncc(=O)[nH]2)CC(c2ccccc2)O1. The predicted octanol–water partition coefficient (Wildman–Crippen LogP) is 2.01. The highest BCUT2D eigenvalue weighted by molar-refractivity contribution is 5.92. The lowest BCUT2D eigenvalue weighted by molar-refractivity contribution is -0.0955. The molecule has 0 radical (unpaired) electrons. The summed E-state index contributed by atoms with van der Waals surface area (Å²) < 4.78 is 6.19. The molecule has 6 heteroatoms. The van der Waals surface area contributed by atoms with E-state index in [4.69, 9.17) is 4.74 Å². The number of nitrogens with one attached hydrogen (secondary N) is 1. The first kappa shape index (κ1) is 16.4. The molecule has 0 spiro atoms. The molecular weight excluding hydrogens is 306 g/mol. The molecule has 126 valence electrons. The lowest BCUT2D eigenvalue weighted by Gasteiger charge is -2.40. The van der Waals surface area contributed by atoms with Crippen LogP contribution in [-0.2, 0) is 4.74 Å². The van der Waals surface area contributed by atoms with Gasteiger partial charge in [0.15, 0.2) is 0 Å². The van der Waals surface area contributed by atoms with Gasteiger partial charge in [0.25, 0.3) is 11.5 Å². The summed E-state index contributed by atoms with van der Waals surface area (Å²) in [5.74, 6) is 0.0508. The minimum absolute atomic E-state index is 0.0590. The third kappa shape index (κ3) is 3.54. The average molecular weight is 327 g/mol. The van der Waals surface area contributed by atoms with Crippen molar-refractivity contribution in [3.63, 3.8) is 0 Å². The third-order valence-electron chi connectivity index (χ3n) is 4.21. The van der Waals surface area contributed by atoms with E-state index in [0.717, 1.165) is 11.8 Å². The summed E-state index contributed by atoms with van der Waals surface area (Å²) in [6.45, 7) is 5.10. The topological polar surface area (TPSA) is 75.3 Å². The average Bonchev–Trinajstić information content (AvgIpc) is 2.61. The number of benzene rings is 1. The summed E-state index contributed by atoms with van der Waals surface area (Å²) >= 11 is 0. The number of rotatable bonds is 3. The molecule has 1 aromatic carbocycles. The minimum Gasteiger partial charge on any atom is -0.366 e. The molecule has 0 bridgehead atoms.